The van der Waals surface area contributed by atoms with E-state index in [9.17, 15) is 0 Å². The van der Waals surface area contributed by atoms with Crippen molar-refractivity contribution in [2.75, 3.05) is 21.3 Å². The number of rotatable bonds is 5. The molecule has 0 radical (unpaired) electrons. The summed E-state index contributed by atoms with van der Waals surface area (Å²) in [5.41, 5.74) is 7.34. The molecule has 0 saturated carbocycles. The zero-order valence-corrected chi connectivity index (χ0v) is 13.0. The van der Waals surface area contributed by atoms with Crippen molar-refractivity contribution in [2.24, 2.45) is 5.73 Å². The first kappa shape index (κ1) is 15.9. The zero-order chi connectivity index (χ0) is 14.8. The van der Waals surface area contributed by atoms with Gasteiger partial charge in [0.15, 0.2) is 11.5 Å². The Bertz CT molecular complexity index is 435. The van der Waals surface area contributed by atoms with Crippen LogP contribution in [0.25, 0.3) is 0 Å². The third kappa shape index (κ3) is 2.89. The molecule has 100 valence electrons. The minimum absolute atomic E-state index is 0.236. The fraction of sp³-hybridized carbons (Fsp3) is 0.455. The number of hydrogen-bond acceptors (Lipinski definition) is 4. The molecule has 4 nitrogen and oxygen atoms in total. The highest BCUT2D eigenvalue weighted by molar-refractivity contribution is 6.54. The van der Waals surface area contributed by atoms with E-state index in [1.54, 1.807) is 21.3 Å². The minimum atomic E-state index is -0.377. The first-order chi connectivity index (χ1) is 8.68. The summed E-state index contributed by atoms with van der Waals surface area (Å²) in [6.07, 6.45) is 0. The SMILES string of the molecule is BC(B)(N)C(B)(B)c1cc(OC)c(OC)c(OC)c1. The Kier molecular flexibility index (Phi) is 4.56. The Morgan fingerprint density at radius 1 is 0.895 bits per heavy atom. The van der Waals surface area contributed by atoms with Crippen LogP contribution >= 0.6 is 0 Å². The molecule has 0 aliphatic heterocycles. The van der Waals surface area contributed by atoms with Gasteiger partial charge in [0.05, 0.1) is 21.3 Å². The normalized spacial score (nSPS) is 12.0. The summed E-state index contributed by atoms with van der Waals surface area (Å²) in [5.74, 6) is 1.89. The van der Waals surface area contributed by atoms with E-state index >= 15 is 0 Å². The van der Waals surface area contributed by atoms with Crippen molar-refractivity contribution in [3.8, 4) is 17.2 Å². The van der Waals surface area contributed by atoms with Crippen molar-refractivity contribution in [1.29, 1.82) is 0 Å². The monoisotopic (exact) mass is 259 g/mol. The first-order valence-electron chi connectivity index (χ1n) is 6.28. The molecule has 0 bridgehead atoms. The summed E-state index contributed by atoms with van der Waals surface area (Å²) in [6, 6.07) is 3.91. The van der Waals surface area contributed by atoms with Gasteiger partial charge in [0.2, 0.25) is 5.75 Å². The van der Waals surface area contributed by atoms with Crippen LogP contribution in [-0.4, -0.2) is 58.1 Å². The minimum Gasteiger partial charge on any atom is -0.493 e. The average Bonchev–Trinajstić information content (AvgIpc) is 2.35. The predicted octanol–water partition coefficient (Wildman–Crippen LogP) is -2.99. The van der Waals surface area contributed by atoms with E-state index in [4.69, 9.17) is 19.9 Å². The molecular formula is C11H21B4NO3. The van der Waals surface area contributed by atoms with Gasteiger partial charge in [0.1, 0.15) is 31.4 Å². The molecule has 0 amide bonds. The standard InChI is InChI=1S/C11H21B4NO3/c1-17-7-4-6(10(12,13)11(14,15)16)5-8(18-2)9(7)19-3/h4-5H,12-16H2,1-3H3. The van der Waals surface area contributed by atoms with Crippen LogP contribution in [0.15, 0.2) is 12.1 Å². The number of ether oxygens (including phenoxy) is 3. The molecule has 0 aliphatic rings. The topological polar surface area (TPSA) is 53.7 Å². The summed E-state index contributed by atoms with van der Waals surface area (Å²) in [7, 11) is 13.1. The second-order valence-corrected chi connectivity index (χ2v) is 5.76. The van der Waals surface area contributed by atoms with Gasteiger partial charge in [-0.1, -0.05) is 5.21 Å². The van der Waals surface area contributed by atoms with Gasteiger partial charge in [0, 0.05) is 0 Å². The molecule has 8 heteroatoms. The van der Waals surface area contributed by atoms with E-state index in [1.807, 2.05) is 27.8 Å². The molecule has 1 aromatic rings. The lowest BCUT2D eigenvalue weighted by Crippen LogP contribution is -2.60. The summed E-state index contributed by atoms with van der Waals surface area (Å²) in [4.78, 5) is 0. The van der Waals surface area contributed by atoms with Gasteiger partial charge < -0.3 is 19.9 Å². The molecule has 1 rings (SSSR count). The third-order valence-electron chi connectivity index (χ3n) is 4.00. The fourth-order valence-electron chi connectivity index (χ4n) is 1.81. The molecule has 0 atom stereocenters. The summed E-state index contributed by atoms with van der Waals surface area (Å²) < 4.78 is 16.1. The van der Waals surface area contributed by atoms with E-state index < -0.39 is 0 Å². The lowest BCUT2D eigenvalue weighted by atomic mass is 9.32. The van der Waals surface area contributed by atoms with Crippen molar-refractivity contribution in [3.63, 3.8) is 0 Å². The molecule has 1 aromatic carbocycles. The summed E-state index contributed by atoms with van der Waals surface area (Å²) >= 11 is 0. The van der Waals surface area contributed by atoms with Crippen LogP contribution in [0, 0.1) is 0 Å². The van der Waals surface area contributed by atoms with E-state index in [1.165, 1.54) is 0 Å². The highest BCUT2D eigenvalue weighted by atomic mass is 16.5. The van der Waals surface area contributed by atoms with Crippen molar-refractivity contribution < 1.29 is 14.2 Å². The average molecular weight is 259 g/mol. The number of methoxy groups -OCH3 is 3. The van der Waals surface area contributed by atoms with Crippen LogP contribution in [0.2, 0.25) is 0 Å². The van der Waals surface area contributed by atoms with Gasteiger partial charge in [-0.2, -0.15) is 0 Å². The van der Waals surface area contributed by atoms with Gasteiger partial charge in [-0.15, -0.1) is 0 Å². The number of benzene rings is 1. The van der Waals surface area contributed by atoms with Crippen molar-refractivity contribution in [2.45, 2.75) is 10.6 Å². The second-order valence-electron chi connectivity index (χ2n) is 5.76. The second kappa shape index (κ2) is 5.45. The highest BCUT2D eigenvalue weighted by Gasteiger charge is 2.35. The van der Waals surface area contributed by atoms with E-state index in [0.717, 1.165) is 5.56 Å². The first-order valence-corrected chi connectivity index (χ1v) is 6.28. The lowest BCUT2D eigenvalue weighted by molar-refractivity contribution is 0.323. The Hall–Kier alpha value is -1.16. The van der Waals surface area contributed by atoms with Gasteiger partial charge in [-0.25, -0.2) is 0 Å². The van der Waals surface area contributed by atoms with E-state index in [-0.39, 0.29) is 10.6 Å². The van der Waals surface area contributed by atoms with Gasteiger partial charge in [0.25, 0.3) is 0 Å². The summed E-state index contributed by atoms with van der Waals surface area (Å²) in [6.45, 7) is 0. The molecule has 0 heterocycles. The Morgan fingerprint density at radius 3 is 1.58 bits per heavy atom. The largest absolute Gasteiger partial charge is 0.493 e. The van der Waals surface area contributed by atoms with Crippen molar-refractivity contribution in [3.05, 3.63) is 17.7 Å². The van der Waals surface area contributed by atoms with Crippen LogP contribution < -0.4 is 19.9 Å². The number of hydrogen-bond donors (Lipinski definition) is 1. The Balaban J connectivity index is 3.47. The molecule has 0 unspecified atom stereocenters. The summed E-state index contributed by atoms with van der Waals surface area (Å²) in [5, 5.41) is -0.614. The maximum absolute atomic E-state index is 6.29. The maximum Gasteiger partial charge on any atom is 0.203 e. The third-order valence-corrected chi connectivity index (χ3v) is 4.00. The number of nitrogens with two attached hydrogens (primary N) is 1. The maximum atomic E-state index is 6.29. The van der Waals surface area contributed by atoms with Gasteiger partial charge in [-0.3, -0.25) is 0 Å². The zero-order valence-electron chi connectivity index (χ0n) is 13.0. The molecular weight excluding hydrogens is 237 g/mol. The molecule has 0 spiro atoms. The molecule has 2 N–H and O–H groups in total. The van der Waals surface area contributed by atoms with Crippen LogP contribution in [0.3, 0.4) is 0 Å². The molecule has 19 heavy (non-hydrogen) atoms. The van der Waals surface area contributed by atoms with E-state index in [0.29, 0.717) is 17.2 Å². The highest BCUT2D eigenvalue weighted by Crippen LogP contribution is 2.41. The predicted molar refractivity (Wildman–Crippen MR) is 88.9 cm³/mol. The Labute approximate surface area is 119 Å². The Morgan fingerprint density at radius 2 is 1.32 bits per heavy atom. The molecule has 0 fully saturated rings. The fourth-order valence-corrected chi connectivity index (χ4v) is 1.81. The smallest absolute Gasteiger partial charge is 0.203 e. The molecule has 0 aromatic heterocycles. The molecule has 0 saturated heterocycles. The van der Waals surface area contributed by atoms with E-state index in [2.05, 4.69) is 15.7 Å². The van der Waals surface area contributed by atoms with Gasteiger partial charge >= 0.3 is 0 Å². The van der Waals surface area contributed by atoms with Crippen LogP contribution in [0.5, 0.6) is 17.2 Å². The molecule has 0 aliphatic carbocycles. The lowest BCUT2D eigenvalue weighted by Gasteiger charge is -2.40. The van der Waals surface area contributed by atoms with Crippen molar-refractivity contribution >= 4 is 31.4 Å². The van der Waals surface area contributed by atoms with Crippen LogP contribution in [-0.2, 0) is 5.21 Å². The van der Waals surface area contributed by atoms with Crippen LogP contribution in [0.4, 0.5) is 0 Å². The van der Waals surface area contributed by atoms with Gasteiger partial charge in [-0.05, 0) is 23.0 Å². The van der Waals surface area contributed by atoms with Crippen molar-refractivity contribution in [1.82, 2.24) is 0 Å². The van der Waals surface area contributed by atoms with Crippen LogP contribution in [0.1, 0.15) is 5.56 Å². The quantitative estimate of drug-likeness (QED) is 0.573.